The lowest BCUT2D eigenvalue weighted by Gasteiger charge is -2.18. The summed E-state index contributed by atoms with van der Waals surface area (Å²) in [5.74, 6) is -2.34. The summed E-state index contributed by atoms with van der Waals surface area (Å²) in [6, 6.07) is -1.54. The van der Waals surface area contributed by atoms with Gasteiger partial charge in [-0.3, -0.25) is 18.6 Å². The minimum atomic E-state index is -4.76. The molecule has 12 heteroatoms. The van der Waals surface area contributed by atoms with Crippen molar-refractivity contribution in [3.8, 4) is 0 Å². The summed E-state index contributed by atoms with van der Waals surface area (Å²) in [5.41, 5.74) is 0. The van der Waals surface area contributed by atoms with Gasteiger partial charge < -0.3 is 25.2 Å². The van der Waals surface area contributed by atoms with Crippen LogP contribution in [0.1, 0.15) is 296 Å². The molecular weight excluding hydrogens is 854 g/mol. The third-order valence-electron chi connectivity index (χ3n) is 12.9. The Morgan fingerprint density at radius 2 is 0.697 bits per heavy atom. The molecule has 0 aromatic carbocycles. The van der Waals surface area contributed by atoms with Gasteiger partial charge >= 0.3 is 19.8 Å². The molecule has 0 heterocycles. The number of carboxylic acids is 1. The van der Waals surface area contributed by atoms with E-state index in [9.17, 15) is 34.1 Å². The standard InChI is InChI=1S/C54H106NO10P/c1-3-5-7-9-11-13-15-17-19-21-23-25-26-27-29-31-33-35-37-39-41-43-45-52(57)55-51(54(59)60)49-65-66(61,62)64-48-50(56)47-63-53(58)46-44-42-40-38-36-34-32-30-28-24-22-20-18-16-14-12-10-8-6-4-2/h50-51,56H,3-49H2,1-2H3,(H,55,57)(H,59,60)(H,61,62). The Morgan fingerprint density at radius 3 is 1.00 bits per heavy atom. The number of phosphoric acid groups is 1. The molecule has 392 valence electrons. The first-order valence-electron chi connectivity index (χ1n) is 28.1. The van der Waals surface area contributed by atoms with Gasteiger partial charge in [0.15, 0.2) is 6.04 Å². The first kappa shape index (κ1) is 64.5. The Kier molecular flexibility index (Phi) is 48.7. The molecule has 66 heavy (non-hydrogen) atoms. The fourth-order valence-electron chi connectivity index (χ4n) is 8.56. The molecule has 0 aliphatic carbocycles. The Bertz CT molecular complexity index is 1130. The van der Waals surface area contributed by atoms with Crippen LogP contribution >= 0.6 is 7.82 Å². The van der Waals surface area contributed by atoms with Crippen LogP contribution in [0.5, 0.6) is 0 Å². The van der Waals surface area contributed by atoms with Gasteiger partial charge in [-0.2, -0.15) is 0 Å². The number of nitrogens with one attached hydrogen (secondary N) is 1. The average Bonchev–Trinajstić information content (AvgIpc) is 3.29. The number of hydrogen-bond acceptors (Lipinski definition) is 8. The highest BCUT2D eigenvalue weighted by atomic mass is 31.2. The molecule has 3 atom stereocenters. The predicted molar refractivity (Wildman–Crippen MR) is 273 cm³/mol. The Morgan fingerprint density at radius 1 is 0.424 bits per heavy atom. The van der Waals surface area contributed by atoms with E-state index >= 15 is 0 Å². The molecule has 0 fully saturated rings. The van der Waals surface area contributed by atoms with Gasteiger partial charge in [0.2, 0.25) is 5.91 Å². The second-order valence-electron chi connectivity index (χ2n) is 19.5. The van der Waals surface area contributed by atoms with Crippen LogP contribution in [0.25, 0.3) is 0 Å². The Labute approximate surface area is 405 Å². The van der Waals surface area contributed by atoms with Crippen LogP contribution < -0.4 is 5.32 Å². The molecule has 0 aromatic heterocycles. The Balaban J connectivity index is 3.74. The molecule has 0 aliphatic heterocycles. The monoisotopic (exact) mass is 960 g/mol. The van der Waals surface area contributed by atoms with Crippen molar-refractivity contribution in [2.45, 2.75) is 309 Å². The number of unbranched alkanes of at least 4 members (excludes halogenated alkanes) is 40. The summed E-state index contributed by atoms with van der Waals surface area (Å²) in [7, 11) is -4.76. The van der Waals surface area contributed by atoms with E-state index in [1.54, 1.807) is 0 Å². The number of amides is 1. The van der Waals surface area contributed by atoms with Crippen LogP contribution in [0.15, 0.2) is 0 Å². The molecule has 0 aromatic rings. The lowest BCUT2D eigenvalue weighted by molar-refractivity contribution is -0.147. The van der Waals surface area contributed by atoms with E-state index in [-0.39, 0.29) is 12.8 Å². The van der Waals surface area contributed by atoms with E-state index in [0.29, 0.717) is 12.8 Å². The number of aliphatic hydroxyl groups excluding tert-OH is 1. The number of esters is 1. The fraction of sp³-hybridized carbons (Fsp3) is 0.944. The van der Waals surface area contributed by atoms with E-state index < -0.39 is 57.6 Å². The second-order valence-corrected chi connectivity index (χ2v) is 21.0. The topological polar surface area (TPSA) is 169 Å². The largest absolute Gasteiger partial charge is 0.480 e. The second kappa shape index (κ2) is 49.9. The van der Waals surface area contributed by atoms with Crippen molar-refractivity contribution in [3.63, 3.8) is 0 Å². The van der Waals surface area contributed by atoms with Crippen molar-refractivity contribution in [2.75, 3.05) is 19.8 Å². The zero-order chi connectivity index (χ0) is 48.4. The van der Waals surface area contributed by atoms with E-state index in [1.165, 1.54) is 218 Å². The van der Waals surface area contributed by atoms with Crippen LogP contribution in [0, 0.1) is 0 Å². The van der Waals surface area contributed by atoms with Gasteiger partial charge in [0.25, 0.3) is 0 Å². The molecule has 0 rings (SSSR count). The molecule has 0 bridgehead atoms. The summed E-state index contributed by atoms with van der Waals surface area (Å²) in [6.45, 7) is 2.68. The molecule has 11 nitrogen and oxygen atoms in total. The minimum absolute atomic E-state index is 0.153. The van der Waals surface area contributed by atoms with Gasteiger partial charge in [0.1, 0.15) is 12.7 Å². The number of rotatable bonds is 54. The smallest absolute Gasteiger partial charge is 0.472 e. The first-order valence-corrected chi connectivity index (χ1v) is 29.6. The average molecular weight is 960 g/mol. The van der Waals surface area contributed by atoms with Crippen molar-refractivity contribution < 1.29 is 47.8 Å². The highest BCUT2D eigenvalue weighted by Gasteiger charge is 2.28. The zero-order valence-corrected chi connectivity index (χ0v) is 43.9. The van der Waals surface area contributed by atoms with Crippen molar-refractivity contribution in [2.24, 2.45) is 0 Å². The normalized spacial score (nSPS) is 13.4. The summed E-state index contributed by atoms with van der Waals surface area (Å²) < 4.78 is 27.0. The van der Waals surface area contributed by atoms with Crippen LogP contribution in [0.4, 0.5) is 0 Å². The van der Waals surface area contributed by atoms with Crippen molar-refractivity contribution >= 4 is 25.7 Å². The molecule has 4 N–H and O–H groups in total. The number of carbonyl (C=O) groups is 3. The fourth-order valence-corrected chi connectivity index (χ4v) is 9.33. The number of carboxylic acid groups (broad SMARTS) is 1. The van der Waals surface area contributed by atoms with E-state index in [2.05, 4.69) is 19.2 Å². The maximum Gasteiger partial charge on any atom is 0.472 e. The third kappa shape index (κ3) is 48.9. The van der Waals surface area contributed by atoms with E-state index in [1.807, 2.05) is 0 Å². The van der Waals surface area contributed by atoms with Crippen LogP contribution in [0.2, 0.25) is 0 Å². The predicted octanol–water partition coefficient (Wildman–Crippen LogP) is 15.8. The molecule has 3 unspecified atom stereocenters. The number of carbonyl (C=O) groups excluding carboxylic acids is 2. The highest BCUT2D eigenvalue weighted by molar-refractivity contribution is 7.47. The zero-order valence-electron chi connectivity index (χ0n) is 43.0. The van der Waals surface area contributed by atoms with Crippen molar-refractivity contribution in [1.82, 2.24) is 5.32 Å². The summed E-state index contributed by atoms with van der Waals surface area (Å²) >= 11 is 0. The van der Waals surface area contributed by atoms with Gasteiger partial charge in [0, 0.05) is 12.8 Å². The van der Waals surface area contributed by atoms with E-state index in [0.717, 1.165) is 38.5 Å². The van der Waals surface area contributed by atoms with Gasteiger partial charge in [-0.15, -0.1) is 0 Å². The number of ether oxygens (including phenoxy) is 1. The molecule has 0 saturated carbocycles. The van der Waals surface area contributed by atoms with Gasteiger partial charge in [-0.05, 0) is 12.8 Å². The van der Waals surface area contributed by atoms with Gasteiger partial charge in [-0.1, -0.05) is 271 Å². The molecule has 1 amide bonds. The molecule has 0 radical (unpaired) electrons. The Hall–Kier alpha value is -1.52. The quantitative estimate of drug-likeness (QED) is 0.0261. The third-order valence-corrected chi connectivity index (χ3v) is 13.8. The maximum atomic E-state index is 12.4. The minimum Gasteiger partial charge on any atom is -0.480 e. The molecule has 0 saturated heterocycles. The number of aliphatic hydroxyl groups is 1. The number of hydrogen-bond donors (Lipinski definition) is 4. The molecule has 0 aliphatic rings. The van der Waals surface area contributed by atoms with Crippen LogP contribution in [-0.2, 0) is 32.7 Å². The lowest BCUT2D eigenvalue weighted by Crippen LogP contribution is -2.43. The molecular formula is C54H106NO10P. The van der Waals surface area contributed by atoms with Gasteiger partial charge in [-0.25, -0.2) is 9.36 Å². The number of phosphoric ester groups is 1. The maximum absolute atomic E-state index is 12.4. The van der Waals surface area contributed by atoms with E-state index in [4.69, 9.17) is 13.8 Å². The summed E-state index contributed by atoms with van der Waals surface area (Å²) in [5, 5.41) is 22.0. The van der Waals surface area contributed by atoms with Crippen LogP contribution in [0.3, 0.4) is 0 Å². The highest BCUT2D eigenvalue weighted by Crippen LogP contribution is 2.43. The molecule has 0 spiro atoms. The number of aliphatic carboxylic acids is 1. The van der Waals surface area contributed by atoms with Gasteiger partial charge in [0.05, 0.1) is 13.2 Å². The summed E-state index contributed by atoms with van der Waals surface area (Å²) in [6.07, 6.45) is 52.7. The first-order chi connectivity index (χ1) is 32.1. The van der Waals surface area contributed by atoms with Crippen molar-refractivity contribution in [1.29, 1.82) is 0 Å². The summed E-state index contributed by atoms with van der Waals surface area (Å²) in [4.78, 5) is 46.2. The SMILES string of the molecule is CCCCCCCCCCCCCCCCCCCCCCCCC(=O)NC(COP(=O)(O)OCC(O)COC(=O)CCCCCCCCCCCCCCCCCCCCCC)C(=O)O. The van der Waals surface area contributed by atoms with Crippen LogP contribution in [-0.4, -0.2) is 64.9 Å². The van der Waals surface area contributed by atoms with Crippen molar-refractivity contribution in [3.05, 3.63) is 0 Å². The lowest BCUT2D eigenvalue weighted by atomic mass is 10.0.